The van der Waals surface area contributed by atoms with E-state index in [1.165, 1.54) is 6.42 Å². The molecule has 0 heterocycles. The molecule has 0 amide bonds. The Morgan fingerprint density at radius 2 is 2.11 bits per heavy atom. The lowest BCUT2D eigenvalue weighted by atomic mass is 9.71. The average molecular weight is 282 g/mol. The second kappa shape index (κ2) is 5.72. The molecule has 0 aliphatic heterocycles. The van der Waals surface area contributed by atoms with Gasteiger partial charge >= 0.3 is 0 Å². The van der Waals surface area contributed by atoms with E-state index in [1.54, 1.807) is 0 Å². The molecule has 0 bridgehead atoms. The fraction of sp³-hybridized carbons (Fsp3) is 0.625. The SMILES string of the molecule is CC1CC(Oc2ccc(CN)c(Cl)c2)CC(C)(C)C1. The van der Waals surface area contributed by atoms with E-state index in [0.717, 1.165) is 24.2 Å². The van der Waals surface area contributed by atoms with Crippen LogP contribution >= 0.6 is 11.6 Å². The Balaban J connectivity index is 2.06. The second-order valence-electron chi connectivity index (χ2n) is 6.61. The molecule has 2 N–H and O–H groups in total. The van der Waals surface area contributed by atoms with Crippen LogP contribution in [0.4, 0.5) is 0 Å². The van der Waals surface area contributed by atoms with Crippen molar-refractivity contribution in [2.24, 2.45) is 17.1 Å². The van der Waals surface area contributed by atoms with Gasteiger partial charge in [0.05, 0.1) is 6.10 Å². The van der Waals surface area contributed by atoms with E-state index < -0.39 is 0 Å². The average Bonchev–Trinajstić information content (AvgIpc) is 2.26. The molecule has 1 aromatic carbocycles. The van der Waals surface area contributed by atoms with Gasteiger partial charge in [0.15, 0.2) is 0 Å². The van der Waals surface area contributed by atoms with Crippen molar-refractivity contribution in [3.05, 3.63) is 28.8 Å². The minimum Gasteiger partial charge on any atom is -0.490 e. The highest BCUT2D eigenvalue weighted by Crippen LogP contribution is 2.40. The lowest BCUT2D eigenvalue weighted by molar-refractivity contribution is 0.0562. The molecule has 1 fully saturated rings. The topological polar surface area (TPSA) is 35.2 Å². The van der Waals surface area contributed by atoms with Gasteiger partial charge in [-0.05, 0) is 48.3 Å². The molecule has 0 saturated heterocycles. The van der Waals surface area contributed by atoms with Crippen LogP contribution in [0, 0.1) is 11.3 Å². The van der Waals surface area contributed by atoms with Crippen LogP contribution in [0.3, 0.4) is 0 Å². The summed E-state index contributed by atoms with van der Waals surface area (Å²) in [4.78, 5) is 0. The van der Waals surface area contributed by atoms with Crippen LogP contribution in [0.25, 0.3) is 0 Å². The summed E-state index contributed by atoms with van der Waals surface area (Å²) in [5.41, 5.74) is 6.94. The van der Waals surface area contributed by atoms with Gasteiger partial charge in [-0.1, -0.05) is 38.4 Å². The molecule has 1 aliphatic carbocycles. The second-order valence-corrected chi connectivity index (χ2v) is 7.02. The first-order chi connectivity index (χ1) is 8.89. The molecular weight excluding hydrogens is 258 g/mol. The van der Waals surface area contributed by atoms with E-state index >= 15 is 0 Å². The zero-order valence-electron chi connectivity index (χ0n) is 12.1. The molecule has 0 aromatic heterocycles. The van der Waals surface area contributed by atoms with Gasteiger partial charge in [0.2, 0.25) is 0 Å². The first-order valence-electron chi connectivity index (χ1n) is 7.05. The maximum atomic E-state index is 6.17. The molecule has 2 unspecified atom stereocenters. The van der Waals surface area contributed by atoms with Crippen LogP contribution in [0.2, 0.25) is 5.02 Å². The molecule has 1 aliphatic rings. The lowest BCUT2D eigenvalue weighted by Crippen LogP contribution is -2.34. The van der Waals surface area contributed by atoms with Gasteiger partial charge in [-0.3, -0.25) is 0 Å². The van der Waals surface area contributed by atoms with E-state index in [4.69, 9.17) is 22.1 Å². The van der Waals surface area contributed by atoms with Gasteiger partial charge in [-0.25, -0.2) is 0 Å². The first-order valence-corrected chi connectivity index (χ1v) is 7.42. The minimum absolute atomic E-state index is 0.290. The fourth-order valence-electron chi connectivity index (χ4n) is 3.31. The molecule has 1 saturated carbocycles. The maximum Gasteiger partial charge on any atom is 0.121 e. The maximum absolute atomic E-state index is 6.17. The third kappa shape index (κ3) is 3.87. The van der Waals surface area contributed by atoms with Crippen LogP contribution in [0.15, 0.2) is 18.2 Å². The van der Waals surface area contributed by atoms with Gasteiger partial charge in [0, 0.05) is 11.6 Å². The van der Waals surface area contributed by atoms with Crippen LogP contribution < -0.4 is 10.5 Å². The Bertz CT molecular complexity index is 444. The van der Waals surface area contributed by atoms with Crippen molar-refractivity contribution >= 4 is 11.6 Å². The predicted molar refractivity (Wildman–Crippen MR) is 80.6 cm³/mol. The minimum atomic E-state index is 0.290. The normalized spacial score (nSPS) is 26.2. The van der Waals surface area contributed by atoms with E-state index in [-0.39, 0.29) is 0 Å². The van der Waals surface area contributed by atoms with Crippen molar-refractivity contribution in [3.8, 4) is 5.75 Å². The number of rotatable bonds is 3. The van der Waals surface area contributed by atoms with Crippen molar-refractivity contribution in [2.75, 3.05) is 0 Å². The van der Waals surface area contributed by atoms with Gasteiger partial charge < -0.3 is 10.5 Å². The Hall–Kier alpha value is -0.730. The fourth-order valence-corrected chi connectivity index (χ4v) is 3.56. The molecule has 2 atom stereocenters. The summed E-state index contributed by atoms with van der Waals surface area (Å²) in [6, 6.07) is 5.81. The molecule has 0 radical (unpaired) electrons. The van der Waals surface area contributed by atoms with Crippen LogP contribution in [-0.2, 0) is 6.54 Å². The van der Waals surface area contributed by atoms with Crippen molar-refractivity contribution in [1.29, 1.82) is 0 Å². The summed E-state index contributed by atoms with van der Waals surface area (Å²) in [5, 5.41) is 0.697. The van der Waals surface area contributed by atoms with Crippen LogP contribution in [0.1, 0.15) is 45.6 Å². The van der Waals surface area contributed by atoms with E-state index in [2.05, 4.69) is 20.8 Å². The zero-order valence-corrected chi connectivity index (χ0v) is 12.8. The van der Waals surface area contributed by atoms with Crippen molar-refractivity contribution < 1.29 is 4.74 Å². The highest BCUT2D eigenvalue weighted by molar-refractivity contribution is 6.31. The Morgan fingerprint density at radius 3 is 2.68 bits per heavy atom. The predicted octanol–water partition coefficient (Wildman–Crippen LogP) is 4.39. The molecular formula is C16H24ClNO. The lowest BCUT2D eigenvalue weighted by Gasteiger charge is -2.38. The number of halogens is 1. The van der Waals surface area contributed by atoms with Gasteiger partial charge in [-0.15, -0.1) is 0 Å². The van der Waals surface area contributed by atoms with E-state index in [1.807, 2.05) is 18.2 Å². The van der Waals surface area contributed by atoms with Crippen LogP contribution in [0.5, 0.6) is 5.75 Å². The van der Waals surface area contributed by atoms with Gasteiger partial charge in [0.25, 0.3) is 0 Å². The number of hydrogen-bond donors (Lipinski definition) is 1. The zero-order chi connectivity index (χ0) is 14.0. The molecule has 2 nitrogen and oxygen atoms in total. The number of hydrogen-bond acceptors (Lipinski definition) is 2. The third-order valence-corrected chi connectivity index (χ3v) is 4.25. The summed E-state index contributed by atoms with van der Waals surface area (Å²) < 4.78 is 6.12. The smallest absolute Gasteiger partial charge is 0.121 e. The summed E-state index contributed by atoms with van der Waals surface area (Å²) in [6.07, 6.45) is 3.80. The Labute approximate surface area is 121 Å². The quantitative estimate of drug-likeness (QED) is 0.892. The molecule has 2 rings (SSSR count). The van der Waals surface area contributed by atoms with Gasteiger partial charge in [0.1, 0.15) is 5.75 Å². The third-order valence-electron chi connectivity index (χ3n) is 3.89. The first kappa shape index (κ1) is 14.7. The monoisotopic (exact) mass is 281 g/mol. The number of benzene rings is 1. The summed E-state index contributed by atoms with van der Waals surface area (Å²) in [6.45, 7) is 7.42. The van der Waals surface area contributed by atoms with E-state index in [9.17, 15) is 0 Å². The summed E-state index contributed by atoms with van der Waals surface area (Å²) in [5.74, 6) is 1.57. The highest BCUT2D eigenvalue weighted by atomic mass is 35.5. The Kier molecular flexibility index (Phi) is 4.42. The van der Waals surface area contributed by atoms with Crippen molar-refractivity contribution in [1.82, 2.24) is 0 Å². The summed E-state index contributed by atoms with van der Waals surface area (Å²) >= 11 is 6.17. The van der Waals surface area contributed by atoms with Crippen molar-refractivity contribution in [3.63, 3.8) is 0 Å². The van der Waals surface area contributed by atoms with Crippen molar-refractivity contribution in [2.45, 2.75) is 52.7 Å². The molecule has 19 heavy (non-hydrogen) atoms. The van der Waals surface area contributed by atoms with Crippen LogP contribution in [-0.4, -0.2) is 6.10 Å². The van der Waals surface area contributed by atoms with Gasteiger partial charge in [-0.2, -0.15) is 0 Å². The molecule has 106 valence electrons. The molecule has 0 spiro atoms. The Morgan fingerprint density at radius 1 is 1.37 bits per heavy atom. The highest BCUT2D eigenvalue weighted by Gasteiger charge is 2.33. The number of ether oxygens (including phenoxy) is 1. The molecule has 3 heteroatoms. The van der Waals surface area contributed by atoms with E-state index in [0.29, 0.717) is 29.0 Å². The molecule has 1 aromatic rings. The largest absolute Gasteiger partial charge is 0.490 e. The number of nitrogens with two attached hydrogens (primary N) is 1. The summed E-state index contributed by atoms with van der Waals surface area (Å²) in [7, 11) is 0. The standard InChI is InChI=1S/C16H24ClNO/c1-11-6-14(9-16(2,3)8-11)19-13-5-4-12(10-18)15(17)7-13/h4-5,7,11,14H,6,8-10,18H2,1-3H3.